The van der Waals surface area contributed by atoms with Gasteiger partial charge in [-0.3, -0.25) is 0 Å². The average Bonchev–Trinajstić information content (AvgIpc) is 2.56. The molecule has 0 radical (unpaired) electrons. The maximum absolute atomic E-state index is 13.6. The van der Waals surface area contributed by atoms with Gasteiger partial charge in [0.25, 0.3) is 0 Å². The highest BCUT2D eigenvalue weighted by atomic mass is 19.2. The Morgan fingerprint density at radius 1 is 1.28 bits per heavy atom. The smallest absolute Gasteiger partial charge is 0.338 e. The standard InChI is InChI=1S/C15H15F2N3O5/c1-24-6-10-11(13(21)25-2)12(20(14(18)22)15(23)19-10)7-3-4-8(16)9(17)5-7/h3-5,12H,6H2,1-2H3,(H2,18,22)(H,19,23)/t12-/m0/s1. The summed E-state index contributed by atoms with van der Waals surface area (Å²) in [5, 5.41) is 2.31. The highest BCUT2D eigenvalue weighted by Crippen LogP contribution is 2.34. The number of ether oxygens (including phenoxy) is 2. The second-order valence-corrected chi connectivity index (χ2v) is 5.03. The first-order valence-corrected chi connectivity index (χ1v) is 6.96. The van der Waals surface area contributed by atoms with Gasteiger partial charge in [0.15, 0.2) is 11.6 Å². The normalized spacial score (nSPS) is 17.4. The van der Waals surface area contributed by atoms with Gasteiger partial charge in [-0.15, -0.1) is 0 Å². The third-order valence-electron chi connectivity index (χ3n) is 3.52. The Morgan fingerprint density at radius 2 is 1.96 bits per heavy atom. The number of rotatable bonds is 4. The van der Waals surface area contributed by atoms with Crippen LogP contribution in [0.3, 0.4) is 0 Å². The van der Waals surface area contributed by atoms with Gasteiger partial charge >= 0.3 is 18.0 Å². The Balaban J connectivity index is 2.72. The molecule has 25 heavy (non-hydrogen) atoms. The number of halogens is 2. The summed E-state index contributed by atoms with van der Waals surface area (Å²) in [4.78, 5) is 36.7. The van der Waals surface area contributed by atoms with Crippen LogP contribution in [0.15, 0.2) is 29.5 Å². The molecule has 1 heterocycles. The van der Waals surface area contributed by atoms with Crippen LogP contribution in [-0.2, 0) is 14.3 Å². The first-order valence-electron chi connectivity index (χ1n) is 6.96. The first-order chi connectivity index (χ1) is 11.8. The molecule has 0 bridgehead atoms. The number of hydrogen-bond acceptors (Lipinski definition) is 5. The molecular weight excluding hydrogens is 340 g/mol. The number of nitrogens with one attached hydrogen (secondary N) is 1. The van der Waals surface area contributed by atoms with E-state index in [1.807, 2.05) is 0 Å². The highest BCUT2D eigenvalue weighted by Gasteiger charge is 2.42. The third kappa shape index (κ3) is 3.43. The Bertz CT molecular complexity index is 766. The van der Waals surface area contributed by atoms with Crippen LogP contribution < -0.4 is 11.1 Å². The van der Waals surface area contributed by atoms with Crippen LogP contribution in [0, 0.1) is 11.6 Å². The molecule has 0 spiro atoms. The lowest BCUT2D eigenvalue weighted by Crippen LogP contribution is -2.54. The molecule has 1 aromatic carbocycles. The largest absolute Gasteiger partial charge is 0.466 e. The minimum absolute atomic E-state index is 0.0200. The minimum Gasteiger partial charge on any atom is -0.466 e. The number of methoxy groups -OCH3 is 2. The van der Waals surface area contributed by atoms with E-state index < -0.39 is 35.7 Å². The van der Waals surface area contributed by atoms with Crippen LogP contribution in [0.2, 0.25) is 0 Å². The molecule has 134 valence electrons. The van der Waals surface area contributed by atoms with Crippen molar-refractivity contribution in [1.29, 1.82) is 0 Å². The summed E-state index contributed by atoms with van der Waals surface area (Å²) in [5.74, 6) is -3.24. The zero-order chi connectivity index (χ0) is 18.7. The topological polar surface area (TPSA) is 111 Å². The van der Waals surface area contributed by atoms with E-state index in [4.69, 9.17) is 10.5 Å². The summed E-state index contributed by atoms with van der Waals surface area (Å²) < 4.78 is 36.5. The number of primary amides is 1. The summed E-state index contributed by atoms with van der Waals surface area (Å²) in [7, 11) is 2.41. The van der Waals surface area contributed by atoms with Crippen molar-refractivity contribution in [2.45, 2.75) is 6.04 Å². The van der Waals surface area contributed by atoms with Crippen molar-refractivity contribution in [3.8, 4) is 0 Å². The summed E-state index contributed by atoms with van der Waals surface area (Å²) in [6.45, 7) is -0.192. The SMILES string of the molecule is COCC1=C(C(=O)OC)[C@H](c2ccc(F)c(F)c2)N(C(N)=O)C(=O)N1. The van der Waals surface area contributed by atoms with E-state index in [0.717, 1.165) is 25.3 Å². The molecule has 1 atom stereocenters. The van der Waals surface area contributed by atoms with Gasteiger partial charge in [0, 0.05) is 7.11 Å². The molecule has 2 rings (SSSR count). The Labute approximate surface area is 141 Å². The molecule has 1 aliphatic rings. The van der Waals surface area contributed by atoms with E-state index in [1.54, 1.807) is 0 Å². The van der Waals surface area contributed by atoms with Crippen molar-refractivity contribution in [3.63, 3.8) is 0 Å². The van der Waals surface area contributed by atoms with Crippen LogP contribution in [-0.4, -0.2) is 43.8 Å². The van der Waals surface area contributed by atoms with Gasteiger partial charge in [-0.05, 0) is 17.7 Å². The van der Waals surface area contributed by atoms with Crippen molar-refractivity contribution in [1.82, 2.24) is 10.2 Å². The van der Waals surface area contributed by atoms with Gasteiger partial charge in [0.1, 0.15) is 6.04 Å². The van der Waals surface area contributed by atoms with Crippen molar-refractivity contribution in [3.05, 3.63) is 46.7 Å². The van der Waals surface area contributed by atoms with Gasteiger partial charge in [-0.1, -0.05) is 6.07 Å². The highest BCUT2D eigenvalue weighted by molar-refractivity contribution is 6.01. The molecule has 0 aromatic heterocycles. The van der Waals surface area contributed by atoms with E-state index in [1.165, 1.54) is 7.11 Å². The van der Waals surface area contributed by atoms with E-state index >= 15 is 0 Å². The molecule has 8 nitrogen and oxygen atoms in total. The number of hydrogen-bond donors (Lipinski definition) is 2. The zero-order valence-electron chi connectivity index (χ0n) is 13.3. The van der Waals surface area contributed by atoms with Crippen molar-refractivity contribution in [2.75, 3.05) is 20.8 Å². The predicted molar refractivity (Wildman–Crippen MR) is 80.0 cm³/mol. The lowest BCUT2D eigenvalue weighted by atomic mass is 9.93. The third-order valence-corrected chi connectivity index (χ3v) is 3.52. The molecule has 0 saturated heterocycles. The van der Waals surface area contributed by atoms with Crippen LogP contribution in [0.1, 0.15) is 11.6 Å². The Hall–Kier alpha value is -3.01. The monoisotopic (exact) mass is 355 g/mol. The van der Waals surface area contributed by atoms with Gasteiger partial charge in [0.2, 0.25) is 0 Å². The number of nitrogens with two attached hydrogens (primary N) is 1. The van der Waals surface area contributed by atoms with E-state index in [-0.39, 0.29) is 23.4 Å². The van der Waals surface area contributed by atoms with Crippen LogP contribution in [0.5, 0.6) is 0 Å². The minimum atomic E-state index is -1.40. The van der Waals surface area contributed by atoms with Crippen LogP contribution in [0.25, 0.3) is 0 Å². The number of imide groups is 1. The van der Waals surface area contributed by atoms with Gasteiger partial charge in [-0.2, -0.15) is 0 Å². The fraction of sp³-hybridized carbons (Fsp3) is 0.267. The molecule has 0 aliphatic carbocycles. The molecule has 4 amide bonds. The second-order valence-electron chi connectivity index (χ2n) is 5.03. The number of nitrogens with zero attached hydrogens (tertiary/aromatic N) is 1. The van der Waals surface area contributed by atoms with Crippen LogP contribution in [0.4, 0.5) is 18.4 Å². The lowest BCUT2D eigenvalue weighted by Gasteiger charge is -2.35. The number of amides is 4. The molecule has 1 aliphatic heterocycles. The molecule has 10 heteroatoms. The molecule has 0 fully saturated rings. The predicted octanol–water partition coefficient (Wildman–Crippen LogP) is 1.18. The summed E-state index contributed by atoms with van der Waals surface area (Å²) in [6, 6.07) is -0.834. The van der Waals surface area contributed by atoms with E-state index in [0.29, 0.717) is 4.90 Å². The summed E-state index contributed by atoms with van der Waals surface area (Å²) in [6.07, 6.45) is 0. The fourth-order valence-electron chi connectivity index (χ4n) is 2.50. The second kappa shape index (κ2) is 7.26. The average molecular weight is 355 g/mol. The number of carbonyl (C=O) groups is 3. The van der Waals surface area contributed by atoms with Crippen molar-refractivity contribution < 1.29 is 32.6 Å². The fourth-order valence-corrected chi connectivity index (χ4v) is 2.50. The van der Waals surface area contributed by atoms with Gasteiger partial charge in [-0.25, -0.2) is 28.1 Å². The first kappa shape index (κ1) is 18.3. The Kier molecular flexibility index (Phi) is 5.32. The molecule has 0 saturated carbocycles. The van der Waals surface area contributed by atoms with Gasteiger partial charge < -0.3 is 20.5 Å². The van der Waals surface area contributed by atoms with Gasteiger partial charge in [0.05, 0.1) is 25.0 Å². The van der Waals surface area contributed by atoms with Crippen molar-refractivity contribution >= 4 is 18.0 Å². The number of urea groups is 2. The summed E-state index contributed by atoms with van der Waals surface area (Å²) in [5.41, 5.74) is 5.02. The number of esters is 1. The van der Waals surface area contributed by atoms with Crippen LogP contribution >= 0.6 is 0 Å². The van der Waals surface area contributed by atoms with E-state index in [9.17, 15) is 23.2 Å². The lowest BCUT2D eigenvalue weighted by molar-refractivity contribution is -0.137. The quantitative estimate of drug-likeness (QED) is 0.788. The van der Waals surface area contributed by atoms with Crippen molar-refractivity contribution in [2.24, 2.45) is 5.73 Å². The molecular formula is C15H15F2N3O5. The maximum atomic E-state index is 13.6. The van der Waals surface area contributed by atoms with E-state index in [2.05, 4.69) is 10.1 Å². The molecule has 1 aromatic rings. The maximum Gasteiger partial charge on any atom is 0.338 e. The zero-order valence-corrected chi connectivity index (χ0v) is 13.3. The molecule has 0 unspecified atom stereocenters. The number of carbonyl (C=O) groups excluding carboxylic acids is 3. The Morgan fingerprint density at radius 3 is 2.48 bits per heavy atom. The summed E-state index contributed by atoms with van der Waals surface area (Å²) >= 11 is 0. The molecule has 3 N–H and O–H groups in total. The number of benzene rings is 1.